The van der Waals surface area contributed by atoms with E-state index in [4.69, 9.17) is 46.4 Å². The molecule has 2 rings (SSSR count). The average molecular weight is 337 g/mol. The number of halogens is 4. The number of anilines is 1. The monoisotopic (exact) mass is 335 g/mol. The summed E-state index contributed by atoms with van der Waals surface area (Å²) in [6.07, 6.45) is 3.55. The molecule has 0 spiro atoms. The van der Waals surface area contributed by atoms with Crippen molar-refractivity contribution in [3.63, 3.8) is 0 Å². The molecule has 1 aromatic carbocycles. The Balaban J connectivity index is 2.45. The average Bonchev–Trinajstić information content (AvgIpc) is 2.36. The summed E-state index contributed by atoms with van der Waals surface area (Å²) in [4.78, 5) is 1.99. The van der Waals surface area contributed by atoms with E-state index < -0.39 is 0 Å². The van der Waals surface area contributed by atoms with Gasteiger partial charge < -0.3 is 4.90 Å². The molecule has 0 bridgehead atoms. The molecule has 1 aliphatic carbocycles. The SMILES string of the molecule is CN(C)c1ccc(C2C(Cl)=C(Cl)C=CC2Cl)c(Cl)c1. The van der Waals surface area contributed by atoms with Crippen molar-refractivity contribution in [2.75, 3.05) is 19.0 Å². The first-order valence-corrected chi connectivity index (χ1v) is 7.33. The van der Waals surface area contributed by atoms with Crippen molar-refractivity contribution in [3.8, 4) is 0 Å². The minimum Gasteiger partial charge on any atom is -0.378 e. The predicted molar refractivity (Wildman–Crippen MR) is 86.0 cm³/mol. The molecular formula is C14H13Cl4N. The van der Waals surface area contributed by atoms with Gasteiger partial charge in [0, 0.05) is 35.8 Å². The standard InChI is InChI=1S/C14H13Cl4N/c1-19(2)8-3-4-9(12(17)7-8)13-10(15)5-6-11(16)14(13)18/h3-7,10,13H,1-2H3. The van der Waals surface area contributed by atoms with E-state index >= 15 is 0 Å². The van der Waals surface area contributed by atoms with Crippen molar-refractivity contribution in [2.45, 2.75) is 11.3 Å². The van der Waals surface area contributed by atoms with Crippen LogP contribution in [-0.2, 0) is 0 Å². The Morgan fingerprint density at radius 1 is 1.11 bits per heavy atom. The molecule has 0 saturated heterocycles. The van der Waals surface area contributed by atoms with Gasteiger partial charge >= 0.3 is 0 Å². The lowest BCUT2D eigenvalue weighted by molar-refractivity contribution is 0.842. The molecule has 0 fully saturated rings. The smallest absolute Gasteiger partial charge is 0.0638 e. The van der Waals surface area contributed by atoms with Crippen LogP contribution < -0.4 is 4.90 Å². The summed E-state index contributed by atoms with van der Waals surface area (Å²) in [5, 5.41) is 1.43. The highest BCUT2D eigenvalue weighted by Gasteiger charge is 2.29. The summed E-state index contributed by atoms with van der Waals surface area (Å²) in [5.74, 6) is -0.204. The molecular weight excluding hydrogens is 324 g/mol. The summed E-state index contributed by atoms with van der Waals surface area (Å²) in [7, 11) is 3.92. The largest absolute Gasteiger partial charge is 0.378 e. The zero-order chi connectivity index (χ0) is 14.2. The maximum atomic E-state index is 6.35. The van der Waals surface area contributed by atoms with E-state index in [9.17, 15) is 0 Å². The first-order valence-electron chi connectivity index (χ1n) is 5.76. The molecule has 1 aromatic rings. The van der Waals surface area contributed by atoms with Crippen LogP contribution in [0.25, 0.3) is 0 Å². The lowest BCUT2D eigenvalue weighted by atomic mass is 9.91. The van der Waals surface area contributed by atoms with Gasteiger partial charge in [0.15, 0.2) is 0 Å². The van der Waals surface area contributed by atoms with Gasteiger partial charge in [-0.15, -0.1) is 11.6 Å². The van der Waals surface area contributed by atoms with Crippen molar-refractivity contribution in [3.05, 3.63) is 51.0 Å². The van der Waals surface area contributed by atoms with Crippen LogP contribution in [0.15, 0.2) is 40.4 Å². The summed E-state index contributed by atoms with van der Waals surface area (Å²) in [5.41, 5.74) is 1.91. The van der Waals surface area contributed by atoms with Crippen LogP contribution in [0.1, 0.15) is 11.5 Å². The Labute approximate surface area is 133 Å². The van der Waals surface area contributed by atoms with E-state index in [-0.39, 0.29) is 11.3 Å². The molecule has 102 valence electrons. The third-order valence-corrected chi connectivity index (χ3v) is 4.67. The fourth-order valence-electron chi connectivity index (χ4n) is 2.01. The molecule has 2 unspecified atom stereocenters. The van der Waals surface area contributed by atoms with Gasteiger partial charge in [-0.25, -0.2) is 0 Å². The van der Waals surface area contributed by atoms with Gasteiger partial charge in [-0.2, -0.15) is 0 Å². The molecule has 5 heteroatoms. The van der Waals surface area contributed by atoms with Crippen molar-refractivity contribution < 1.29 is 0 Å². The molecule has 0 radical (unpaired) electrons. The van der Waals surface area contributed by atoms with Gasteiger partial charge in [0.2, 0.25) is 0 Å². The molecule has 0 heterocycles. The van der Waals surface area contributed by atoms with Crippen LogP contribution in [0, 0.1) is 0 Å². The lowest BCUT2D eigenvalue weighted by Crippen LogP contribution is -2.16. The molecule has 0 saturated carbocycles. The van der Waals surface area contributed by atoms with Crippen LogP contribution >= 0.6 is 46.4 Å². The third kappa shape index (κ3) is 3.05. The molecule has 0 aliphatic heterocycles. The molecule has 19 heavy (non-hydrogen) atoms. The Morgan fingerprint density at radius 3 is 2.37 bits per heavy atom. The third-order valence-electron chi connectivity index (χ3n) is 3.08. The summed E-state index contributed by atoms with van der Waals surface area (Å²) in [6.45, 7) is 0. The normalized spacial score (nSPS) is 22.8. The van der Waals surface area contributed by atoms with Gasteiger partial charge in [-0.05, 0) is 23.8 Å². The predicted octanol–water partition coefficient (Wildman–Crippen LogP) is 5.36. The number of alkyl halides is 1. The number of allylic oxidation sites excluding steroid dienone is 4. The quantitative estimate of drug-likeness (QED) is 0.657. The van der Waals surface area contributed by atoms with Crippen LogP contribution in [0.4, 0.5) is 5.69 Å². The van der Waals surface area contributed by atoms with Gasteiger partial charge in [0.05, 0.1) is 10.4 Å². The maximum absolute atomic E-state index is 6.35. The topological polar surface area (TPSA) is 3.24 Å². The van der Waals surface area contributed by atoms with E-state index in [1.807, 2.05) is 43.3 Å². The second-order valence-corrected chi connectivity index (χ2v) is 6.30. The van der Waals surface area contributed by atoms with Crippen LogP contribution in [0.5, 0.6) is 0 Å². The van der Waals surface area contributed by atoms with Gasteiger partial charge in [0.1, 0.15) is 0 Å². The first kappa shape index (κ1) is 15.1. The highest BCUT2D eigenvalue weighted by atomic mass is 35.5. The van der Waals surface area contributed by atoms with E-state index in [0.717, 1.165) is 11.3 Å². The highest BCUT2D eigenvalue weighted by Crippen LogP contribution is 2.43. The number of hydrogen-bond acceptors (Lipinski definition) is 1. The summed E-state index contributed by atoms with van der Waals surface area (Å²) in [6, 6.07) is 5.83. The second kappa shape index (κ2) is 5.97. The van der Waals surface area contributed by atoms with E-state index in [1.165, 1.54) is 0 Å². The molecule has 0 aromatic heterocycles. The fraction of sp³-hybridized carbons (Fsp3) is 0.286. The van der Waals surface area contributed by atoms with Crippen molar-refractivity contribution in [1.29, 1.82) is 0 Å². The minimum atomic E-state index is -0.252. The van der Waals surface area contributed by atoms with Crippen LogP contribution in [0.2, 0.25) is 5.02 Å². The number of hydrogen-bond donors (Lipinski definition) is 0. The van der Waals surface area contributed by atoms with Gasteiger partial charge in [-0.3, -0.25) is 0 Å². The zero-order valence-corrected chi connectivity index (χ0v) is 13.5. The van der Waals surface area contributed by atoms with E-state index in [0.29, 0.717) is 15.1 Å². The van der Waals surface area contributed by atoms with Crippen molar-refractivity contribution in [1.82, 2.24) is 0 Å². The Morgan fingerprint density at radius 2 is 1.79 bits per heavy atom. The second-order valence-electron chi connectivity index (χ2n) is 4.58. The van der Waals surface area contributed by atoms with Crippen LogP contribution in [-0.4, -0.2) is 19.5 Å². The number of rotatable bonds is 2. The van der Waals surface area contributed by atoms with Gasteiger partial charge in [-0.1, -0.05) is 46.9 Å². The lowest BCUT2D eigenvalue weighted by Gasteiger charge is -2.25. The van der Waals surface area contributed by atoms with E-state index in [2.05, 4.69) is 0 Å². The zero-order valence-electron chi connectivity index (χ0n) is 10.5. The minimum absolute atomic E-state index is 0.204. The Hall–Kier alpha value is -0.340. The maximum Gasteiger partial charge on any atom is 0.0638 e. The van der Waals surface area contributed by atoms with E-state index in [1.54, 1.807) is 6.08 Å². The van der Waals surface area contributed by atoms with Crippen molar-refractivity contribution >= 4 is 52.1 Å². The molecule has 0 N–H and O–H groups in total. The summed E-state index contributed by atoms with van der Waals surface area (Å²) < 4.78 is 0. The first-order chi connectivity index (χ1) is 8.91. The Kier molecular flexibility index (Phi) is 4.73. The molecule has 1 nitrogen and oxygen atoms in total. The van der Waals surface area contributed by atoms with Gasteiger partial charge in [0.25, 0.3) is 0 Å². The molecule has 0 amide bonds. The fourth-order valence-corrected chi connectivity index (χ4v) is 3.21. The molecule has 1 aliphatic rings. The number of benzene rings is 1. The molecule has 2 atom stereocenters. The Bertz CT molecular complexity index is 548. The number of nitrogens with zero attached hydrogens (tertiary/aromatic N) is 1. The van der Waals surface area contributed by atoms with Crippen molar-refractivity contribution in [2.24, 2.45) is 0 Å². The summed E-state index contributed by atoms with van der Waals surface area (Å²) >= 11 is 25.0. The highest BCUT2D eigenvalue weighted by molar-refractivity contribution is 6.42. The van der Waals surface area contributed by atoms with Crippen LogP contribution in [0.3, 0.4) is 0 Å².